The Labute approximate surface area is 104 Å². The molecule has 0 spiro atoms. The van der Waals surface area contributed by atoms with Crippen molar-refractivity contribution in [1.29, 1.82) is 0 Å². The summed E-state index contributed by atoms with van der Waals surface area (Å²) in [5.41, 5.74) is -1.12. The van der Waals surface area contributed by atoms with Crippen molar-refractivity contribution in [2.45, 2.75) is 18.9 Å². The first-order chi connectivity index (χ1) is 8.30. The maximum Gasteiger partial charge on any atom is 0.272 e. The number of hydrogen-bond donors (Lipinski definition) is 2. The highest BCUT2D eigenvalue weighted by atomic mass is 32.2. The summed E-state index contributed by atoms with van der Waals surface area (Å²) in [5, 5.41) is 8.38. The Morgan fingerprint density at radius 3 is 2.72 bits per heavy atom. The van der Waals surface area contributed by atoms with Gasteiger partial charge in [-0.2, -0.15) is 5.10 Å². The van der Waals surface area contributed by atoms with Crippen LogP contribution in [0.2, 0.25) is 0 Å². The van der Waals surface area contributed by atoms with E-state index in [0.29, 0.717) is 6.42 Å². The van der Waals surface area contributed by atoms with E-state index in [0.717, 1.165) is 0 Å². The Hall–Kier alpha value is -1.70. The van der Waals surface area contributed by atoms with Crippen molar-refractivity contribution in [3.8, 4) is 0 Å². The van der Waals surface area contributed by atoms with E-state index in [1.165, 1.54) is 12.1 Å². The Morgan fingerprint density at radius 2 is 2.22 bits per heavy atom. The molecule has 0 aromatic carbocycles. The Bertz CT molecular complexity index is 616. The van der Waals surface area contributed by atoms with Crippen molar-refractivity contribution in [1.82, 2.24) is 15.5 Å². The van der Waals surface area contributed by atoms with Crippen molar-refractivity contribution >= 4 is 15.7 Å². The van der Waals surface area contributed by atoms with E-state index in [4.69, 9.17) is 0 Å². The van der Waals surface area contributed by atoms with Crippen LogP contribution in [0.3, 0.4) is 0 Å². The molecule has 1 atom stereocenters. The first-order valence-corrected chi connectivity index (χ1v) is 7.21. The molecule has 2 heterocycles. The third-order valence-corrected chi connectivity index (χ3v) is 4.73. The van der Waals surface area contributed by atoms with Gasteiger partial charge in [0.05, 0.1) is 17.0 Å². The third kappa shape index (κ3) is 2.76. The minimum Gasteiger partial charge on any atom is -0.344 e. The maximum atomic E-state index is 11.8. The first kappa shape index (κ1) is 12.7. The SMILES string of the molecule is C[C@@]1(NC(=O)c2ccc(=O)[nH]n2)CCS(=O)(=O)C1. The van der Waals surface area contributed by atoms with Gasteiger partial charge in [-0.25, -0.2) is 13.5 Å². The minimum absolute atomic E-state index is 0.0557. The number of sulfone groups is 1. The van der Waals surface area contributed by atoms with Crippen molar-refractivity contribution in [2.75, 3.05) is 11.5 Å². The van der Waals surface area contributed by atoms with Gasteiger partial charge in [-0.1, -0.05) is 0 Å². The van der Waals surface area contributed by atoms with Gasteiger partial charge in [0.1, 0.15) is 5.69 Å². The average molecular weight is 271 g/mol. The highest BCUT2D eigenvalue weighted by Crippen LogP contribution is 2.22. The number of nitrogens with zero attached hydrogens (tertiary/aromatic N) is 1. The fourth-order valence-electron chi connectivity index (χ4n) is 1.92. The Kier molecular flexibility index (Phi) is 2.97. The normalized spacial score (nSPS) is 25.8. The van der Waals surface area contributed by atoms with Crippen LogP contribution < -0.4 is 10.9 Å². The zero-order chi connectivity index (χ0) is 13.4. The van der Waals surface area contributed by atoms with Crippen molar-refractivity contribution in [3.05, 3.63) is 28.2 Å². The van der Waals surface area contributed by atoms with Gasteiger partial charge < -0.3 is 5.32 Å². The van der Waals surface area contributed by atoms with Gasteiger partial charge in [-0.05, 0) is 19.4 Å². The molecule has 0 bridgehead atoms. The monoisotopic (exact) mass is 271 g/mol. The number of aromatic amines is 1. The second-order valence-electron chi connectivity index (χ2n) is 4.66. The topological polar surface area (TPSA) is 109 Å². The lowest BCUT2D eigenvalue weighted by atomic mass is 10.0. The van der Waals surface area contributed by atoms with Gasteiger partial charge in [-0.15, -0.1) is 0 Å². The van der Waals surface area contributed by atoms with Crippen LogP contribution in [-0.4, -0.2) is 41.6 Å². The molecule has 1 aromatic rings. The van der Waals surface area contributed by atoms with Crippen LogP contribution in [0.4, 0.5) is 0 Å². The molecule has 0 radical (unpaired) electrons. The van der Waals surface area contributed by atoms with Gasteiger partial charge in [0.25, 0.3) is 11.5 Å². The summed E-state index contributed by atoms with van der Waals surface area (Å²) in [4.78, 5) is 22.6. The van der Waals surface area contributed by atoms with E-state index >= 15 is 0 Å². The van der Waals surface area contributed by atoms with E-state index in [1.54, 1.807) is 6.92 Å². The quantitative estimate of drug-likeness (QED) is 0.722. The standard InChI is InChI=1S/C10H13N3O4S/c1-10(4-5-18(16,17)6-10)11-9(15)7-2-3-8(14)13-12-7/h2-3H,4-6H2,1H3,(H,11,15)(H,13,14)/t10-/m1/s1. The number of carbonyl (C=O) groups is 1. The molecule has 1 amide bonds. The van der Waals surface area contributed by atoms with E-state index in [-0.39, 0.29) is 17.2 Å². The van der Waals surface area contributed by atoms with Crippen molar-refractivity contribution < 1.29 is 13.2 Å². The van der Waals surface area contributed by atoms with E-state index < -0.39 is 26.8 Å². The van der Waals surface area contributed by atoms with E-state index in [9.17, 15) is 18.0 Å². The van der Waals surface area contributed by atoms with Gasteiger partial charge in [0.2, 0.25) is 0 Å². The summed E-state index contributed by atoms with van der Waals surface area (Å²) in [7, 11) is -3.08. The predicted octanol–water partition coefficient (Wildman–Crippen LogP) is -0.923. The lowest BCUT2D eigenvalue weighted by molar-refractivity contribution is 0.0909. The van der Waals surface area contributed by atoms with Crippen LogP contribution in [0, 0.1) is 0 Å². The largest absolute Gasteiger partial charge is 0.344 e. The van der Waals surface area contributed by atoms with Crippen molar-refractivity contribution in [3.63, 3.8) is 0 Å². The smallest absolute Gasteiger partial charge is 0.272 e. The zero-order valence-corrected chi connectivity index (χ0v) is 10.6. The third-order valence-electron chi connectivity index (χ3n) is 2.83. The molecule has 1 aliphatic rings. The summed E-state index contributed by atoms with van der Waals surface area (Å²) >= 11 is 0. The van der Waals surface area contributed by atoms with Gasteiger partial charge in [0, 0.05) is 6.07 Å². The Balaban J connectivity index is 2.13. The number of amides is 1. The highest BCUT2D eigenvalue weighted by Gasteiger charge is 2.39. The van der Waals surface area contributed by atoms with E-state index in [2.05, 4.69) is 15.5 Å². The van der Waals surface area contributed by atoms with Crippen LogP contribution in [0.15, 0.2) is 16.9 Å². The molecule has 2 rings (SSSR count). The summed E-state index contributed by atoms with van der Waals surface area (Å²) in [6, 6.07) is 2.48. The van der Waals surface area contributed by atoms with Gasteiger partial charge in [-0.3, -0.25) is 9.59 Å². The molecular weight excluding hydrogens is 258 g/mol. The highest BCUT2D eigenvalue weighted by molar-refractivity contribution is 7.91. The maximum absolute atomic E-state index is 11.8. The molecule has 8 heteroatoms. The zero-order valence-electron chi connectivity index (χ0n) is 9.76. The molecule has 1 aliphatic heterocycles. The summed E-state index contributed by atoms with van der Waals surface area (Å²) in [6.07, 6.45) is 0.379. The molecule has 0 unspecified atom stereocenters. The molecular formula is C10H13N3O4S. The molecule has 1 fully saturated rings. The van der Waals surface area contributed by atoms with Gasteiger partial charge in [0.15, 0.2) is 9.84 Å². The number of carbonyl (C=O) groups excluding carboxylic acids is 1. The van der Waals surface area contributed by atoms with Crippen molar-refractivity contribution in [2.24, 2.45) is 0 Å². The lowest BCUT2D eigenvalue weighted by Crippen LogP contribution is -2.47. The van der Waals surface area contributed by atoms with Crippen LogP contribution >= 0.6 is 0 Å². The summed E-state index contributed by atoms with van der Waals surface area (Å²) in [5.74, 6) is -0.497. The average Bonchev–Trinajstić information content (AvgIpc) is 2.53. The molecule has 0 saturated carbocycles. The molecule has 98 valence electrons. The lowest BCUT2D eigenvalue weighted by Gasteiger charge is -2.23. The summed E-state index contributed by atoms with van der Waals surface area (Å²) in [6.45, 7) is 1.68. The Morgan fingerprint density at radius 1 is 1.50 bits per heavy atom. The number of nitrogens with one attached hydrogen (secondary N) is 2. The molecule has 1 aromatic heterocycles. The predicted molar refractivity (Wildman–Crippen MR) is 64.0 cm³/mol. The van der Waals surface area contributed by atoms with Crippen LogP contribution in [0.5, 0.6) is 0 Å². The fourth-order valence-corrected chi connectivity index (χ4v) is 4.01. The first-order valence-electron chi connectivity index (χ1n) is 5.38. The number of H-pyrrole nitrogens is 1. The second kappa shape index (κ2) is 4.20. The molecule has 7 nitrogen and oxygen atoms in total. The fraction of sp³-hybridized carbons (Fsp3) is 0.500. The molecule has 1 saturated heterocycles. The van der Waals surface area contributed by atoms with Crippen LogP contribution in [-0.2, 0) is 9.84 Å². The van der Waals surface area contributed by atoms with Crippen LogP contribution in [0.25, 0.3) is 0 Å². The van der Waals surface area contributed by atoms with E-state index in [1.807, 2.05) is 0 Å². The van der Waals surface area contributed by atoms with Gasteiger partial charge >= 0.3 is 0 Å². The second-order valence-corrected chi connectivity index (χ2v) is 6.85. The molecule has 2 N–H and O–H groups in total. The molecule has 0 aliphatic carbocycles. The molecule has 18 heavy (non-hydrogen) atoms. The number of aromatic nitrogens is 2. The van der Waals surface area contributed by atoms with Crippen LogP contribution in [0.1, 0.15) is 23.8 Å². The minimum atomic E-state index is -3.08. The number of hydrogen-bond acceptors (Lipinski definition) is 5. The summed E-state index contributed by atoms with van der Waals surface area (Å²) < 4.78 is 22.8. The number of rotatable bonds is 2.